The second-order valence-corrected chi connectivity index (χ2v) is 9.15. The molecule has 0 atom stereocenters. The fourth-order valence-corrected chi connectivity index (χ4v) is 4.93. The average molecular weight is 465 g/mol. The van der Waals surface area contributed by atoms with E-state index in [2.05, 4.69) is 10.2 Å². The molecule has 34 heavy (non-hydrogen) atoms. The van der Waals surface area contributed by atoms with Gasteiger partial charge in [-0.15, -0.1) is 0 Å². The zero-order chi connectivity index (χ0) is 24.3. The smallest absolute Gasteiger partial charge is 0.257 e. The number of para-hydroxylation sites is 2. The summed E-state index contributed by atoms with van der Waals surface area (Å²) in [6, 6.07) is 17.0. The van der Waals surface area contributed by atoms with Crippen LogP contribution in [0, 0.1) is 0 Å². The molecule has 1 N–H and O–H groups in total. The lowest BCUT2D eigenvalue weighted by atomic mass is 9.85. The van der Waals surface area contributed by atoms with Crippen LogP contribution in [0.15, 0.2) is 54.6 Å². The van der Waals surface area contributed by atoms with Crippen molar-refractivity contribution in [2.24, 2.45) is 0 Å². The lowest BCUT2D eigenvalue weighted by molar-refractivity contribution is -0.137. The van der Waals surface area contributed by atoms with E-state index in [-0.39, 0.29) is 30.3 Å². The second-order valence-electron chi connectivity index (χ2n) is 9.15. The molecule has 3 amide bonds. The normalized spacial score (nSPS) is 17.4. The highest BCUT2D eigenvalue weighted by Gasteiger charge is 2.54. The van der Waals surface area contributed by atoms with Crippen LogP contribution < -0.4 is 15.0 Å². The second kappa shape index (κ2) is 9.75. The molecule has 4 rings (SSSR count). The summed E-state index contributed by atoms with van der Waals surface area (Å²) in [5.74, 6) is 0.215. The summed E-state index contributed by atoms with van der Waals surface area (Å²) in [6.07, 6.45) is 0.980. The van der Waals surface area contributed by atoms with Gasteiger partial charge in [0.2, 0.25) is 5.91 Å². The largest absolute Gasteiger partial charge is 0.496 e. The molecule has 8 heteroatoms. The Hall–Kier alpha value is -3.55. The number of amides is 3. The molecule has 0 aliphatic carbocycles. The summed E-state index contributed by atoms with van der Waals surface area (Å²) < 4.78 is 5.37. The minimum absolute atomic E-state index is 0.00798. The first-order valence-electron chi connectivity index (χ1n) is 11.7. The first kappa shape index (κ1) is 23.6. The number of benzene rings is 2. The van der Waals surface area contributed by atoms with Gasteiger partial charge in [0, 0.05) is 24.8 Å². The molecular weight excluding hydrogens is 432 g/mol. The van der Waals surface area contributed by atoms with E-state index in [1.807, 2.05) is 56.3 Å². The summed E-state index contributed by atoms with van der Waals surface area (Å²) in [6.45, 7) is 5.04. The molecule has 2 aliphatic heterocycles. The van der Waals surface area contributed by atoms with Gasteiger partial charge in [-0.1, -0.05) is 30.3 Å². The molecule has 0 aromatic heterocycles. The molecule has 1 spiro atoms. The number of carbonyl (C=O) groups excluding carboxylic acids is 3. The Morgan fingerprint density at radius 1 is 1.03 bits per heavy atom. The van der Waals surface area contributed by atoms with E-state index in [1.54, 1.807) is 29.0 Å². The number of piperidine rings is 1. The van der Waals surface area contributed by atoms with Gasteiger partial charge in [-0.25, -0.2) is 0 Å². The van der Waals surface area contributed by atoms with Crippen molar-refractivity contribution >= 4 is 23.4 Å². The molecule has 2 saturated heterocycles. The number of likely N-dealkylation sites (tertiary alicyclic amines) is 1. The van der Waals surface area contributed by atoms with Crippen LogP contribution in [0.3, 0.4) is 0 Å². The summed E-state index contributed by atoms with van der Waals surface area (Å²) >= 11 is 0. The van der Waals surface area contributed by atoms with Crippen molar-refractivity contribution < 1.29 is 19.1 Å². The van der Waals surface area contributed by atoms with Crippen molar-refractivity contribution in [3.05, 3.63) is 60.2 Å². The Bertz CT molecular complexity index is 1050. The predicted molar refractivity (Wildman–Crippen MR) is 130 cm³/mol. The van der Waals surface area contributed by atoms with Gasteiger partial charge in [-0.2, -0.15) is 0 Å². The highest BCUT2D eigenvalue weighted by atomic mass is 16.5. The van der Waals surface area contributed by atoms with Crippen molar-refractivity contribution in [2.45, 2.75) is 38.3 Å². The van der Waals surface area contributed by atoms with Crippen LogP contribution in [-0.2, 0) is 9.59 Å². The quantitative estimate of drug-likeness (QED) is 0.710. The third-order valence-corrected chi connectivity index (χ3v) is 6.58. The van der Waals surface area contributed by atoms with Crippen molar-refractivity contribution in [1.82, 2.24) is 15.1 Å². The number of carbonyl (C=O) groups is 3. The van der Waals surface area contributed by atoms with Crippen LogP contribution >= 0.6 is 0 Å². The minimum atomic E-state index is -0.781. The van der Waals surface area contributed by atoms with Crippen molar-refractivity contribution in [2.75, 3.05) is 38.3 Å². The molecule has 180 valence electrons. The maximum absolute atomic E-state index is 13.7. The molecule has 2 aliphatic rings. The number of rotatable bonds is 6. The summed E-state index contributed by atoms with van der Waals surface area (Å²) in [7, 11) is 1.55. The zero-order valence-corrected chi connectivity index (χ0v) is 20.0. The molecule has 0 radical (unpaired) electrons. The Morgan fingerprint density at radius 2 is 1.68 bits per heavy atom. The van der Waals surface area contributed by atoms with Crippen LogP contribution in [0.5, 0.6) is 5.75 Å². The molecule has 2 aromatic carbocycles. The molecule has 0 saturated carbocycles. The van der Waals surface area contributed by atoms with Crippen molar-refractivity contribution in [1.29, 1.82) is 0 Å². The van der Waals surface area contributed by atoms with Gasteiger partial charge in [0.1, 0.15) is 17.8 Å². The van der Waals surface area contributed by atoms with Crippen molar-refractivity contribution in [3.63, 3.8) is 0 Å². The molecule has 2 heterocycles. The number of hydrogen-bond acceptors (Lipinski definition) is 5. The van der Waals surface area contributed by atoms with E-state index < -0.39 is 5.54 Å². The van der Waals surface area contributed by atoms with Gasteiger partial charge in [0.25, 0.3) is 11.8 Å². The topological polar surface area (TPSA) is 82.2 Å². The molecule has 2 fully saturated rings. The standard InChI is InChI=1S/C26H32N4O4/c1-19(2)27-23(31)17-29-18-30(20-9-5-4-6-10-20)26(25(29)33)13-15-28(16-14-26)24(32)21-11-7-8-12-22(21)34-3/h4-12,19H,13-18H2,1-3H3,(H,27,31). The number of hydrogen-bond donors (Lipinski definition) is 1. The Morgan fingerprint density at radius 3 is 2.32 bits per heavy atom. The van der Waals surface area contributed by atoms with E-state index in [0.29, 0.717) is 43.9 Å². The fraction of sp³-hybridized carbons (Fsp3) is 0.423. The molecule has 2 aromatic rings. The first-order valence-corrected chi connectivity index (χ1v) is 11.7. The Kier molecular flexibility index (Phi) is 6.77. The van der Waals surface area contributed by atoms with Crippen LogP contribution in [0.4, 0.5) is 5.69 Å². The van der Waals surface area contributed by atoms with Gasteiger partial charge >= 0.3 is 0 Å². The number of nitrogens with zero attached hydrogens (tertiary/aromatic N) is 3. The third-order valence-electron chi connectivity index (χ3n) is 6.58. The van der Waals surface area contributed by atoms with Crippen LogP contribution in [0.25, 0.3) is 0 Å². The van der Waals surface area contributed by atoms with E-state index in [9.17, 15) is 14.4 Å². The monoisotopic (exact) mass is 464 g/mol. The number of anilines is 1. The lowest BCUT2D eigenvalue weighted by Gasteiger charge is -2.43. The van der Waals surface area contributed by atoms with Crippen LogP contribution in [0.1, 0.15) is 37.0 Å². The lowest BCUT2D eigenvalue weighted by Crippen LogP contribution is -2.57. The Balaban J connectivity index is 1.56. The highest BCUT2D eigenvalue weighted by Crippen LogP contribution is 2.39. The van der Waals surface area contributed by atoms with E-state index in [4.69, 9.17) is 4.74 Å². The maximum Gasteiger partial charge on any atom is 0.257 e. The van der Waals surface area contributed by atoms with Crippen molar-refractivity contribution in [3.8, 4) is 5.75 Å². The highest BCUT2D eigenvalue weighted by molar-refractivity contribution is 5.99. The van der Waals surface area contributed by atoms with Gasteiger partial charge in [-0.05, 0) is 51.0 Å². The summed E-state index contributed by atoms with van der Waals surface area (Å²) in [4.78, 5) is 44.9. The van der Waals surface area contributed by atoms with Gasteiger partial charge < -0.3 is 24.8 Å². The van der Waals surface area contributed by atoms with E-state index in [0.717, 1.165) is 5.69 Å². The van der Waals surface area contributed by atoms with Crippen LogP contribution in [-0.4, -0.2) is 72.5 Å². The SMILES string of the molecule is COc1ccccc1C(=O)N1CCC2(CC1)C(=O)N(CC(=O)NC(C)C)CN2c1ccccc1. The molecule has 8 nitrogen and oxygen atoms in total. The molecular formula is C26H32N4O4. The zero-order valence-electron chi connectivity index (χ0n) is 20.0. The summed E-state index contributed by atoms with van der Waals surface area (Å²) in [5.41, 5.74) is 0.675. The van der Waals surface area contributed by atoms with Gasteiger partial charge in [0.15, 0.2) is 0 Å². The maximum atomic E-state index is 13.7. The first-order chi connectivity index (χ1) is 16.4. The fourth-order valence-electron chi connectivity index (χ4n) is 4.93. The van der Waals surface area contributed by atoms with E-state index >= 15 is 0 Å². The number of nitrogens with one attached hydrogen (secondary N) is 1. The Labute approximate surface area is 200 Å². The summed E-state index contributed by atoms with van der Waals surface area (Å²) in [5, 5.41) is 2.87. The number of ether oxygens (including phenoxy) is 1. The van der Waals surface area contributed by atoms with Gasteiger partial charge in [0.05, 0.1) is 19.3 Å². The van der Waals surface area contributed by atoms with Gasteiger partial charge in [-0.3, -0.25) is 14.4 Å². The predicted octanol–water partition coefficient (Wildman–Crippen LogP) is 2.50. The van der Waals surface area contributed by atoms with E-state index in [1.165, 1.54) is 0 Å². The molecule has 0 bridgehead atoms. The minimum Gasteiger partial charge on any atom is -0.496 e. The molecule has 0 unspecified atom stereocenters. The average Bonchev–Trinajstić information content (AvgIpc) is 3.10. The number of methoxy groups -OCH3 is 1. The van der Waals surface area contributed by atoms with Crippen LogP contribution in [0.2, 0.25) is 0 Å². The third kappa shape index (κ3) is 4.44.